The van der Waals surface area contributed by atoms with Crippen molar-refractivity contribution in [2.75, 3.05) is 5.32 Å². The van der Waals surface area contributed by atoms with Gasteiger partial charge in [-0.15, -0.1) is 0 Å². The molecule has 0 radical (unpaired) electrons. The van der Waals surface area contributed by atoms with Crippen molar-refractivity contribution in [1.82, 2.24) is 4.98 Å². The Labute approximate surface area is 135 Å². The van der Waals surface area contributed by atoms with Gasteiger partial charge in [-0.2, -0.15) is 0 Å². The van der Waals surface area contributed by atoms with Gasteiger partial charge in [0.15, 0.2) is 0 Å². The third-order valence-electron chi connectivity index (χ3n) is 3.94. The Morgan fingerprint density at radius 3 is 2.91 bits per heavy atom. The lowest BCUT2D eigenvalue weighted by Gasteiger charge is -2.06. The van der Waals surface area contributed by atoms with Crippen molar-refractivity contribution in [2.24, 2.45) is 0 Å². The first kappa shape index (κ1) is 15.3. The largest absolute Gasteiger partial charge is 0.392 e. The van der Waals surface area contributed by atoms with Crippen LogP contribution in [0.3, 0.4) is 0 Å². The maximum Gasteiger partial charge on any atom is 0.224 e. The van der Waals surface area contributed by atoms with Crippen molar-refractivity contribution in [1.29, 1.82) is 0 Å². The van der Waals surface area contributed by atoms with E-state index in [-0.39, 0.29) is 12.5 Å². The molecular weight excluding hydrogens is 288 g/mol. The number of aromatic nitrogens is 1. The summed E-state index contributed by atoms with van der Waals surface area (Å²) in [5, 5.41) is 13.2. The van der Waals surface area contributed by atoms with Gasteiger partial charge < -0.3 is 15.4 Å². The highest BCUT2D eigenvalue weighted by atomic mass is 16.3. The van der Waals surface area contributed by atoms with Crippen molar-refractivity contribution in [3.63, 3.8) is 0 Å². The van der Waals surface area contributed by atoms with Gasteiger partial charge in [-0.3, -0.25) is 4.79 Å². The van der Waals surface area contributed by atoms with Crippen LogP contribution in [0.15, 0.2) is 48.7 Å². The highest BCUT2D eigenvalue weighted by Gasteiger charge is 2.08. The quantitative estimate of drug-likeness (QED) is 0.675. The Morgan fingerprint density at radius 1 is 1.22 bits per heavy atom. The number of H-pyrrole nitrogens is 1. The molecule has 1 aromatic heterocycles. The van der Waals surface area contributed by atoms with Gasteiger partial charge in [0.25, 0.3) is 0 Å². The van der Waals surface area contributed by atoms with E-state index in [1.54, 1.807) is 6.07 Å². The summed E-state index contributed by atoms with van der Waals surface area (Å²) in [6.45, 7) is 2.04. The van der Waals surface area contributed by atoms with Crippen molar-refractivity contribution >= 4 is 22.5 Å². The lowest BCUT2D eigenvalue weighted by molar-refractivity contribution is -0.116. The van der Waals surface area contributed by atoms with Gasteiger partial charge in [-0.25, -0.2) is 0 Å². The Kier molecular flexibility index (Phi) is 4.44. The molecule has 23 heavy (non-hydrogen) atoms. The van der Waals surface area contributed by atoms with Crippen LogP contribution in [0.4, 0.5) is 5.69 Å². The standard InChI is InChI=1S/C19H20N2O2/c1-13-5-7-18-17(9-13)15(11-20-18)6-8-19(23)21-16-4-2-3-14(10-16)12-22/h2-5,7,9-11,20,22H,6,8,12H2,1H3,(H,21,23). The first-order valence-electron chi connectivity index (χ1n) is 7.72. The molecule has 0 saturated carbocycles. The predicted molar refractivity (Wildman–Crippen MR) is 92.4 cm³/mol. The molecule has 0 bridgehead atoms. The van der Waals surface area contributed by atoms with Crippen molar-refractivity contribution < 1.29 is 9.90 Å². The molecular formula is C19H20N2O2. The van der Waals surface area contributed by atoms with E-state index in [0.717, 1.165) is 22.3 Å². The Morgan fingerprint density at radius 2 is 2.09 bits per heavy atom. The van der Waals surface area contributed by atoms with Crippen LogP contribution in [0.2, 0.25) is 0 Å². The van der Waals surface area contributed by atoms with E-state index in [1.807, 2.05) is 24.4 Å². The smallest absolute Gasteiger partial charge is 0.224 e. The number of aryl methyl sites for hydroxylation is 2. The second-order valence-corrected chi connectivity index (χ2v) is 5.77. The van der Waals surface area contributed by atoms with E-state index in [1.165, 1.54) is 10.9 Å². The number of amides is 1. The number of rotatable bonds is 5. The number of carbonyl (C=O) groups excluding carboxylic acids is 1. The van der Waals surface area contributed by atoms with Crippen LogP contribution in [-0.2, 0) is 17.8 Å². The number of benzene rings is 2. The van der Waals surface area contributed by atoms with E-state index in [2.05, 4.69) is 35.4 Å². The molecule has 0 unspecified atom stereocenters. The average molecular weight is 308 g/mol. The van der Waals surface area contributed by atoms with E-state index in [9.17, 15) is 4.79 Å². The first-order chi connectivity index (χ1) is 11.2. The van der Waals surface area contributed by atoms with Crippen LogP contribution < -0.4 is 5.32 Å². The van der Waals surface area contributed by atoms with Crippen LogP contribution in [0.5, 0.6) is 0 Å². The van der Waals surface area contributed by atoms with Gasteiger partial charge in [0, 0.05) is 29.2 Å². The molecule has 0 aliphatic heterocycles. The summed E-state index contributed by atoms with van der Waals surface area (Å²) in [5.74, 6) is -0.0258. The highest BCUT2D eigenvalue weighted by Crippen LogP contribution is 2.21. The summed E-state index contributed by atoms with van der Waals surface area (Å²) in [6, 6.07) is 13.5. The van der Waals surface area contributed by atoms with Crippen LogP contribution in [0.1, 0.15) is 23.1 Å². The van der Waals surface area contributed by atoms with Gasteiger partial charge in [-0.05, 0) is 48.7 Å². The zero-order valence-corrected chi connectivity index (χ0v) is 13.1. The third kappa shape index (κ3) is 3.60. The molecule has 118 valence electrons. The fourth-order valence-corrected chi connectivity index (χ4v) is 2.72. The van der Waals surface area contributed by atoms with Crippen molar-refractivity contribution in [3.05, 3.63) is 65.4 Å². The topological polar surface area (TPSA) is 65.1 Å². The molecule has 1 heterocycles. The molecule has 4 nitrogen and oxygen atoms in total. The predicted octanol–water partition coefficient (Wildman–Crippen LogP) is 3.54. The second kappa shape index (κ2) is 6.67. The number of aromatic amines is 1. The monoisotopic (exact) mass is 308 g/mol. The number of anilines is 1. The maximum absolute atomic E-state index is 12.1. The minimum Gasteiger partial charge on any atom is -0.392 e. The number of carbonyl (C=O) groups is 1. The van der Waals surface area contributed by atoms with E-state index >= 15 is 0 Å². The van der Waals surface area contributed by atoms with Gasteiger partial charge in [0.1, 0.15) is 0 Å². The Hall–Kier alpha value is -2.59. The van der Waals surface area contributed by atoms with Crippen LogP contribution >= 0.6 is 0 Å². The van der Waals surface area contributed by atoms with Gasteiger partial charge >= 0.3 is 0 Å². The summed E-state index contributed by atoms with van der Waals surface area (Å²) in [6.07, 6.45) is 3.09. The van der Waals surface area contributed by atoms with Crippen molar-refractivity contribution in [2.45, 2.75) is 26.4 Å². The van der Waals surface area contributed by atoms with Crippen LogP contribution in [-0.4, -0.2) is 16.0 Å². The van der Waals surface area contributed by atoms with E-state index in [4.69, 9.17) is 5.11 Å². The zero-order chi connectivity index (χ0) is 16.2. The van der Waals surface area contributed by atoms with Crippen molar-refractivity contribution in [3.8, 4) is 0 Å². The van der Waals surface area contributed by atoms with Crippen LogP contribution in [0.25, 0.3) is 10.9 Å². The molecule has 3 aromatic rings. The number of aliphatic hydroxyl groups excluding tert-OH is 1. The van der Waals surface area contributed by atoms with Gasteiger partial charge in [-0.1, -0.05) is 23.8 Å². The molecule has 2 aromatic carbocycles. The first-order valence-corrected chi connectivity index (χ1v) is 7.72. The fraction of sp³-hybridized carbons (Fsp3) is 0.211. The Balaban J connectivity index is 1.65. The number of nitrogens with one attached hydrogen (secondary N) is 2. The summed E-state index contributed by atoms with van der Waals surface area (Å²) in [4.78, 5) is 15.4. The number of fused-ring (bicyclic) bond motifs is 1. The molecule has 0 atom stereocenters. The minimum absolute atomic E-state index is 0.0258. The molecule has 0 fully saturated rings. The molecule has 3 rings (SSSR count). The average Bonchev–Trinajstić information content (AvgIpc) is 2.95. The minimum atomic E-state index is -0.0294. The maximum atomic E-state index is 12.1. The van der Waals surface area contributed by atoms with Gasteiger partial charge in [0.05, 0.1) is 6.61 Å². The molecule has 4 heteroatoms. The molecule has 3 N–H and O–H groups in total. The normalized spacial score (nSPS) is 10.9. The SMILES string of the molecule is Cc1ccc2[nH]cc(CCC(=O)Nc3cccc(CO)c3)c2c1. The molecule has 0 spiro atoms. The van der Waals surface area contributed by atoms with Gasteiger partial charge in [0.2, 0.25) is 5.91 Å². The summed E-state index contributed by atoms with van der Waals surface area (Å²) in [7, 11) is 0. The zero-order valence-electron chi connectivity index (χ0n) is 13.1. The van der Waals surface area contributed by atoms with Crippen LogP contribution in [0, 0.1) is 6.92 Å². The Bertz CT molecular complexity index is 836. The summed E-state index contributed by atoms with van der Waals surface area (Å²) in [5.41, 5.74) is 4.97. The summed E-state index contributed by atoms with van der Waals surface area (Å²) < 4.78 is 0. The lowest BCUT2D eigenvalue weighted by Crippen LogP contribution is -2.12. The molecule has 0 saturated heterocycles. The number of aliphatic hydroxyl groups is 1. The fourth-order valence-electron chi connectivity index (χ4n) is 2.72. The van der Waals surface area contributed by atoms with E-state index < -0.39 is 0 Å². The highest BCUT2D eigenvalue weighted by molar-refractivity contribution is 5.91. The van der Waals surface area contributed by atoms with E-state index in [0.29, 0.717) is 12.8 Å². The second-order valence-electron chi connectivity index (χ2n) is 5.77. The summed E-state index contributed by atoms with van der Waals surface area (Å²) >= 11 is 0. The lowest BCUT2D eigenvalue weighted by atomic mass is 10.1. The number of hydrogen-bond acceptors (Lipinski definition) is 2. The molecule has 0 aliphatic rings. The number of hydrogen-bond donors (Lipinski definition) is 3. The molecule has 0 aliphatic carbocycles. The third-order valence-corrected chi connectivity index (χ3v) is 3.94. The molecule has 1 amide bonds.